The molecule has 0 unspecified atom stereocenters. The highest BCUT2D eigenvalue weighted by atomic mass is 15.1. The predicted octanol–water partition coefficient (Wildman–Crippen LogP) is 8.34. The lowest BCUT2D eigenvalue weighted by Gasteiger charge is -2.24. The van der Waals surface area contributed by atoms with Crippen molar-refractivity contribution < 1.29 is 0 Å². The van der Waals surface area contributed by atoms with Crippen molar-refractivity contribution in [1.82, 2.24) is 4.98 Å². The van der Waals surface area contributed by atoms with E-state index in [0.29, 0.717) is 0 Å². The van der Waals surface area contributed by atoms with E-state index in [1.165, 1.54) is 22.2 Å². The molecule has 0 fully saturated rings. The van der Waals surface area contributed by atoms with Crippen LogP contribution < -0.4 is 15.5 Å². The van der Waals surface area contributed by atoms with Crippen LogP contribution >= 0.6 is 0 Å². The molecule has 178 valence electrons. The first-order valence-corrected chi connectivity index (χ1v) is 12.5. The Morgan fingerprint density at radius 2 is 1.47 bits per heavy atom. The molecular weight excluding hydrogens is 416 g/mol. The van der Waals surface area contributed by atoms with Gasteiger partial charge in [-0.2, -0.15) is 0 Å². The first-order chi connectivity index (χ1) is 16.7. The van der Waals surface area contributed by atoms with Gasteiger partial charge in [0.1, 0.15) is 5.82 Å². The Kier molecular flexibility index (Phi) is 9.33. The van der Waals surface area contributed by atoms with Gasteiger partial charge in [0.25, 0.3) is 0 Å². The van der Waals surface area contributed by atoms with E-state index >= 15 is 0 Å². The summed E-state index contributed by atoms with van der Waals surface area (Å²) in [6.07, 6.45) is 4.19. The molecule has 0 amide bonds. The van der Waals surface area contributed by atoms with Crippen LogP contribution in [0.3, 0.4) is 0 Å². The fraction of sp³-hybridized carbons (Fsp3) is 0.300. The highest BCUT2D eigenvalue weighted by Crippen LogP contribution is 2.33. The minimum Gasteiger partial charge on any atom is -0.388 e. The van der Waals surface area contributed by atoms with Crippen LogP contribution in [0.25, 0.3) is 21.9 Å². The number of nitrogens with zero attached hydrogens (tertiary/aromatic N) is 2. The molecule has 2 N–H and O–H groups in total. The van der Waals surface area contributed by atoms with Gasteiger partial charge in [0, 0.05) is 48.8 Å². The van der Waals surface area contributed by atoms with Crippen LogP contribution in [-0.2, 0) is 0 Å². The first-order valence-electron chi connectivity index (χ1n) is 12.5. The molecule has 4 heteroatoms. The van der Waals surface area contributed by atoms with Crippen molar-refractivity contribution in [3.63, 3.8) is 0 Å². The van der Waals surface area contributed by atoms with Gasteiger partial charge in [-0.3, -0.25) is 0 Å². The van der Waals surface area contributed by atoms with Crippen molar-refractivity contribution in [2.45, 2.75) is 40.5 Å². The summed E-state index contributed by atoms with van der Waals surface area (Å²) in [5.74, 6) is 0.876. The zero-order valence-electron chi connectivity index (χ0n) is 21.2. The van der Waals surface area contributed by atoms with Crippen LogP contribution in [0.4, 0.5) is 22.9 Å². The standard InChI is InChI=1S/C28H32N4.C2H6/c1-4-18-32(19-5-2)24-14-12-22(13-15-24)31-28-27-11-7-10-25(26(27)16-17-30-28)21-8-6-9-23(20-21)29-3;1-2/h6-17,20,29H,4-5,18-19H2,1-3H3,(H,30,31);1-2H3. The highest BCUT2D eigenvalue weighted by molar-refractivity contribution is 6.02. The van der Waals surface area contributed by atoms with Gasteiger partial charge in [0.15, 0.2) is 0 Å². The van der Waals surface area contributed by atoms with Crippen LogP contribution in [0.1, 0.15) is 40.5 Å². The summed E-state index contributed by atoms with van der Waals surface area (Å²) in [7, 11) is 1.95. The molecular formula is C30H38N4. The third-order valence-electron chi connectivity index (χ3n) is 5.75. The van der Waals surface area contributed by atoms with E-state index in [2.05, 4.69) is 107 Å². The maximum atomic E-state index is 4.65. The van der Waals surface area contributed by atoms with Crippen molar-refractivity contribution in [1.29, 1.82) is 0 Å². The number of fused-ring (bicyclic) bond motifs is 1. The number of benzene rings is 3. The van der Waals surface area contributed by atoms with E-state index < -0.39 is 0 Å². The van der Waals surface area contributed by atoms with Gasteiger partial charge in [-0.05, 0) is 71.8 Å². The molecule has 34 heavy (non-hydrogen) atoms. The summed E-state index contributed by atoms with van der Waals surface area (Å²) in [6.45, 7) is 10.6. The fourth-order valence-electron chi connectivity index (χ4n) is 4.20. The van der Waals surface area contributed by atoms with Crippen molar-refractivity contribution in [2.75, 3.05) is 35.7 Å². The number of aromatic nitrogens is 1. The molecule has 0 radical (unpaired) electrons. The van der Waals surface area contributed by atoms with E-state index in [-0.39, 0.29) is 0 Å². The summed E-state index contributed by atoms with van der Waals surface area (Å²) in [5, 5.41) is 9.07. The van der Waals surface area contributed by atoms with E-state index in [4.69, 9.17) is 0 Å². The van der Waals surface area contributed by atoms with E-state index in [9.17, 15) is 0 Å². The minimum atomic E-state index is 0.876. The maximum absolute atomic E-state index is 4.65. The van der Waals surface area contributed by atoms with Gasteiger partial charge < -0.3 is 15.5 Å². The average molecular weight is 455 g/mol. The van der Waals surface area contributed by atoms with Gasteiger partial charge in [-0.1, -0.05) is 58.0 Å². The van der Waals surface area contributed by atoms with Crippen LogP contribution in [0.5, 0.6) is 0 Å². The summed E-state index contributed by atoms with van der Waals surface area (Å²) < 4.78 is 0. The highest BCUT2D eigenvalue weighted by Gasteiger charge is 2.10. The van der Waals surface area contributed by atoms with Gasteiger partial charge in [-0.15, -0.1) is 0 Å². The number of rotatable bonds is 9. The average Bonchev–Trinajstić information content (AvgIpc) is 2.90. The van der Waals surface area contributed by atoms with Crippen molar-refractivity contribution in [3.05, 3.63) is 79.0 Å². The van der Waals surface area contributed by atoms with Gasteiger partial charge in [0.05, 0.1) is 0 Å². The fourth-order valence-corrected chi connectivity index (χ4v) is 4.20. The molecule has 4 nitrogen and oxygen atoms in total. The Morgan fingerprint density at radius 1 is 0.765 bits per heavy atom. The lowest BCUT2D eigenvalue weighted by Crippen LogP contribution is -2.24. The Bertz CT molecular complexity index is 1160. The second kappa shape index (κ2) is 12.6. The monoisotopic (exact) mass is 454 g/mol. The minimum absolute atomic E-state index is 0.876. The second-order valence-electron chi connectivity index (χ2n) is 8.05. The number of anilines is 4. The molecule has 3 aromatic carbocycles. The Labute approximate surface area is 205 Å². The maximum Gasteiger partial charge on any atom is 0.138 e. The molecule has 1 aromatic heterocycles. The second-order valence-corrected chi connectivity index (χ2v) is 8.05. The molecule has 4 aromatic rings. The van der Waals surface area contributed by atoms with Crippen LogP contribution in [0, 0.1) is 0 Å². The summed E-state index contributed by atoms with van der Waals surface area (Å²) in [4.78, 5) is 7.10. The van der Waals surface area contributed by atoms with Gasteiger partial charge in [0.2, 0.25) is 0 Å². The number of pyridine rings is 1. The molecule has 0 saturated heterocycles. The molecule has 0 aliphatic heterocycles. The smallest absolute Gasteiger partial charge is 0.138 e. The molecule has 0 spiro atoms. The quantitative estimate of drug-likeness (QED) is 0.267. The SMILES string of the molecule is CC.CCCN(CCC)c1ccc(Nc2nccc3c(-c4cccc(NC)c4)cccc23)cc1. The zero-order valence-corrected chi connectivity index (χ0v) is 21.2. The lowest BCUT2D eigenvalue weighted by molar-refractivity contribution is 0.745. The van der Waals surface area contributed by atoms with Crippen molar-refractivity contribution >= 4 is 33.7 Å². The van der Waals surface area contributed by atoms with Gasteiger partial charge in [-0.25, -0.2) is 4.98 Å². The first kappa shape index (κ1) is 25.1. The number of nitrogens with one attached hydrogen (secondary N) is 2. The van der Waals surface area contributed by atoms with E-state index in [0.717, 1.165) is 48.5 Å². The molecule has 0 atom stereocenters. The van der Waals surface area contributed by atoms with Crippen molar-refractivity contribution in [2.24, 2.45) is 0 Å². The summed E-state index contributed by atoms with van der Waals surface area (Å²) in [6, 6.07) is 25.7. The largest absolute Gasteiger partial charge is 0.388 e. The molecule has 0 aliphatic carbocycles. The van der Waals surface area contributed by atoms with Gasteiger partial charge >= 0.3 is 0 Å². The molecule has 0 bridgehead atoms. The van der Waals surface area contributed by atoms with Crippen molar-refractivity contribution in [3.8, 4) is 11.1 Å². The predicted molar refractivity (Wildman–Crippen MR) is 151 cm³/mol. The number of hydrogen-bond acceptors (Lipinski definition) is 4. The molecule has 0 aliphatic rings. The molecule has 0 saturated carbocycles. The number of hydrogen-bond donors (Lipinski definition) is 2. The lowest BCUT2D eigenvalue weighted by atomic mass is 9.98. The zero-order chi connectivity index (χ0) is 24.3. The summed E-state index contributed by atoms with van der Waals surface area (Å²) >= 11 is 0. The van der Waals surface area contributed by atoms with Crippen LogP contribution in [0.2, 0.25) is 0 Å². The third-order valence-corrected chi connectivity index (χ3v) is 5.75. The topological polar surface area (TPSA) is 40.2 Å². The van der Waals surface area contributed by atoms with E-state index in [1.54, 1.807) is 0 Å². The molecule has 4 rings (SSSR count). The Morgan fingerprint density at radius 3 is 2.15 bits per heavy atom. The third kappa shape index (κ3) is 5.88. The van der Waals surface area contributed by atoms with E-state index in [1.807, 2.05) is 27.1 Å². The molecule has 1 heterocycles. The summed E-state index contributed by atoms with van der Waals surface area (Å²) in [5.41, 5.74) is 5.82. The Hall–Kier alpha value is -3.53. The Balaban J connectivity index is 0.00000158. The van der Waals surface area contributed by atoms with Crippen LogP contribution in [0.15, 0.2) is 79.0 Å². The normalized spacial score (nSPS) is 10.4. The van der Waals surface area contributed by atoms with Crippen LogP contribution in [-0.4, -0.2) is 25.1 Å².